The molecule has 0 aliphatic carbocycles. The van der Waals surface area contributed by atoms with Crippen molar-refractivity contribution in [3.05, 3.63) is 17.3 Å². The fourth-order valence-electron chi connectivity index (χ4n) is 0.760. The summed E-state index contributed by atoms with van der Waals surface area (Å²) in [5.74, 6) is -1.16. The predicted molar refractivity (Wildman–Crippen MR) is 47.5 cm³/mol. The Labute approximate surface area is 88.1 Å². The van der Waals surface area contributed by atoms with Gasteiger partial charge in [0.2, 0.25) is 5.28 Å². The van der Waals surface area contributed by atoms with E-state index in [0.717, 1.165) is 6.20 Å². The van der Waals surface area contributed by atoms with Gasteiger partial charge < -0.3 is 10.4 Å². The zero-order chi connectivity index (χ0) is 11.4. The van der Waals surface area contributed by atoms with Gasteiger partial charge >= 0.3 is 0 Å². The summed E-state index contributed by atoms with van der Waals surface area (Å²) in [5.41, 5.74) is 0. The van der Waals surface area contributed by atoms with E-state index in [2.05, 4.69) is 15.3 Å². The molecule has 0 saturated heterocycles. The van der Waals surface area contributed by atoms with Crippen molar-refractivity contribution in [3.8, 4) is 0 Å². The molecular weight excluding hydrogens is 235 g/mol. The van der Waals surface area contributed by atoms with E-state index in [0.29, 0.717) is 0 Å². The first-order valence-corrected chi connectivity index (χ1v) is 4.26. The van der Waals surface area contributed by atoms with Gasteiger partial charge in [0.15, 0.2) is 11.6 Å². The van der Waals surface area contributed by atoms with Crippen LogP contribution in [0.4, 0.5) is 19.0 Å². The molecule has 15 heavy (non-hydrogen) atoms. The molecule has 0 saturated carbocycles. The molecule has 0 aliphatic rings. The van der Waals surface area contributed by atoms with Crippen molar-refractivity contribution < 1.29 is 18.3 Å². The topological polar surface area (TPSA) is 58.0 Å². The molecule has 84 valence electrons. The Balaban J connectivity index is 2.61. The van der Waals surface area contributed by atoms with Gasteiger partial charge in [-0.25, -0.2) is 18.2 Å². The number of aliphatic hydroxyl groups is 1. The lowest BCUT2D eigenvalue weighted by molar-refractivity contribution is 0.00377. The van der Waals surface area contributed by atoms with Crippen molar-refractivity contribution in [3.63, 3.8) is 0 Å². The van der Waals surface area contributed by atoms with Gasteiger partial charge in [0.1, 0.15) is 6.10 Å². The summed E-state index contributed by atoms with van der Waals surface area (Å²) in [5, 5.41) is 10.7. The molecule has 1 aromatic heterocycles. The van der Waals surface area contributed by atoms with Gasteiger partial charge in [-0.3, -0.25) is 0 Å². The van der Waals surface area contributed by atoms with Gasteiger partial charge in [0.25, 0.3) is 6.43 Å². The van der Waals surface area contributed by atoms with E-state index in [9.17, 15) is 13.2 Å². The first-order chi connectivity index (χ1) is 7.00. The second kappa shape index (κ2) is 5.13. The molecule has 0 aromatic carbocycles. The minimum Gasteiger partial charge on any atom is -0.385 e. The molecule has 1 unspecified atom stereocenters. The molecule has 0 aliphatic heterocycles. The number of anilines is 1. The van der Waals surface area contributed by atoms with Gasteiger partial charge in [0.05, 0.1) is 6.20 Å². The third kappa shape index (κ3) is 3.52. The number of alkyl halides is 2. The minimum absolute atomic E-state index is 0.217. The third-order valence-corrected chi connectivity index (χ3v) is 1.67. The molecule has 0 radical (unpaired) electrons. The number of hydrogen-bond acceptors (Lipinski definition) is 4. The van der Waals surface area contributed by atoms with Gasteiger partial charge in [-0.2, -0.15) is 4.98 Å². The monoisotopic (exact) mass is 241 g/mol. The van der Waals surface area contributed by atoms with E-state index in [1.54, 1.807) is 0 Å². The van der Waals surface area contributed by atoms with Crippen LogP contribution in [0.15, 0.2) is 6.20 Å². The van der Waals surface area contributed by atoms with Crippen molar-refractivity contribution in [1.82, 2.24) is 9.97 Å². The fraction of sp³-hybridized carbons (Fsp3) is 0.429. The maximum Gasteiger partial charge on any atom is 0.265 e. The second-order valence-electron chi connectivity index (χ2n) is 2.62. The van der Waals surface area contributed by atoms with Crippen molar-refractivity contribution in [2.45, 2.75) is 12.5 Å². The predicted octanol–water partition coefficient (Wildman–Crippen LogP) is 1.31. The molecule has 4 nitrogen and oxygen atoms in total. The smallest absolute Gasteiger partial charge is 0.265 e. The molecule has 0 bridgehead atoms. The van der Waals surface area contributed by atoms with Crippen LogP contribution in [0.2, 0.25) is 5.28 Å². The van der Waals surface area contributed by atoms with Crippen LogP contribution >= 0.6 is 11.6 Å². The van der Waals surface area contributed by atoms with E-state index >= 15 is 0 Å². The quantitative estimate of drug-likeness (QED) is 0.781. The van der Waals surface area contributed by atoms with Crippen LogP contribution in [-0.2, 0) is 0 Å². The third-order valence-electron chi connectivity index (χ3n) is 1.48. The normalized spacial score (nSPS) is 12.9. The molecule has 0 spiro atoms. The van der Waals surface area contributed by atoms with Gasteiger partial charge in [-0.05, 0) is 11.6 Å². The number of nitrogens with one attached hydrogen (secondary N) is 1. The lowest BCUT2D eigenvalue weighted by Gasteiger charge is -2.11. The maximum atomic E-state index is 12.9. The highest BCUT2D eigenvalue weighted by atomic mass is 35.5. The summed E-state index contributed by atoms with van der Waals surface area (Å²) >= 11 is 5.36. The average molecular weight is 242 g/mol. The zero-order valence-corrected chi connectivity index (χ0v) is 8.05. The SMILES string of the molecule is OC(CNc1nc(Cl)ncc1F)C(F)F. The van der Waals surface area contributed by atoms with Gasteiger partial charge in [-0.15, -0.1) is 0 Å². The summed E-state index contributed by atoms with van der Waals surface area (Å²) in [7, 11) is 0. The van der Waals surface area contributed by atoms with Crippen molar-refractivity contribution >= 4 is 17.4 Å². The molecule has 1 aromatic rings. The Morgan fingerprint density at radius 2 is 2.20 bits per heavy atom. The van der Waals surface area contributed by atoms with E-state index < -0.39 is 24.9 Å². The fourth-order valence-corrected chi connectivity index (χ4v) is 0.893. The zero-order valence-electron chi connectivity index (χ0n) is 7.29. The van der Waals surface area contributed by atoms with Crippen LogP contribution in [-0.4, -0.2) is 34.1 Å². The number of aliphatic hydroxyl groups excluding tert-OH is 1. The first kappa shape index (κ1) is 12.0. The van der Waals surface area contributed by atoms with Crippen LogP contribution in [0.1, 0.15) is 0 Å². The minimum atomic E-state index is -2.90. The first-order valence-electron chi connectivity index (χ1n) is 3.89. The van der Waals surface area contributed by atoms with Crippen molar-refractivity contribution in [1.29, 1.82) is 0 Å². The Hall–Kier alpha value is -1.08. The lowest BCUT2D eigenvalue weighted by atomic mass is 10.3. The Bertz CT molecular complexity index is 339. The summed E-state index contributed by atoms with van der Waals surface area (Å²) in [6, 6.07) is 0. The van der Waals surface area contributed by atoms with E-state index in [-0.39, 0.29) is 11.1 Å². The van der Waals surface area contributed by atoms with E-state index in [1.807, 2.05) is 0 Å². The number of aromatic nitrogens is 2. The Kier molecular flexibility index (Phi) is 4.10. The second-order valence-corrected chi connectivity index (χ2v) is 2.96. The molecule has 1 rings (SSSR count). The van der Waals surface area contributed by atoms with Gasteiger partial charge in [0, 0.05) is 6.54 Å². The molecule has 8 heteroatoms. The number of nitrogens with zero attached hydrogens (tertiary/aromatic N) is 2. The lowest BCUT2D eigenvalue weighted by Crippen LogP contribution is -2.27. The highest BCUT2D eigenvalue weighted by Gasteiger charge is 2.17. The summed E-state index contributed by atoms with van der Waals surface area (Å²) in [4.78, 5) is 6.75. The molecule has 0 amide bonds. The van der Waals surface area contributed by atoms with E-state index in [4.69, 9.17) is 16.7 Å². The Morgan fingerprint density at radius 1 is 1.53 bits per heavy atom. The summed E-state index contributed by atoms with van der Waals surface area (Å²) < 4.78 is 36.6. The largest absolute Gasteiger partial charge is 0.385 e. The molecule has 0 fully saturated rings. The number of halogens is 4. The van der Waals surface area contributed by atoms with Crippen molar-refractivity contribution in [2.24, 2.45) is 0 Å². The average Bonchev–Trinajstić information content (AvgIpc) is 2.18. The summed E-state index contributed by atoms with van der Waals surface area (Å²) in [6.07, 6.45) is -4.00. The number of hydrogen-bond donors (Lipinski definition) is 2. The number of rotatable bonds is 4. The van der Waals surface area contributed by atoms with Crippen LogP contribution in [0, 0.1) is 5.82 Å². The highest BCUT2D eigenvalue weighted by Crippen LogP contribution is 2.12. The Morgan fingerprint density at radius 3 is 2.80 bits per heavy atom. The van der Waals surface area contributed by atoms with Crippen LogP contribution < -0.4 is 5.32 Å². The van der Waals surface area contributed by atoms with E-state index in [1.165, 1.54) is 0 Å². The van der Waals surface area contributed by atoms with Crippen molar-refractivity contribution in [2.75, 3.05) is 11.9 Å². The maximum absolute atomic E-state index is 12.9. The van der Waals surface area contributed by atoms with Gasteiger partial charge in [-0.1, -0.05) is 0 Å². The molecule has 1 atom stereocenters. The molecule has 1 heterocycles. The summed E-state index contributed by atoms with van der Waals surface area (Å²) in [6.45, 7) is -0.526. The van der Waals surface area contributed by atoms with Crippen LogP contribution in [0.3, 0.4) is 0 Å². The highest BCUT2D eigenvalue weighted by molar-refractivity contribution is 6.28. The molecular formula is C7H7ClF3N3O. The molecule has 2 N–H and O–H groups in total. The van der Waals surface area contributed by atoms with Crippen LogP contribution in [0.5, 0.6) is 0 Å². The van der Waals surface area contributed by atoms with Crippen LogP contribution in [0.25, 0.3) is 0 Å². The standard InChI is InChI=1S/C7H7ClF3N3O/c8-7-13-1-3(9)6(14-7)12-2-4(15)5(10)11/h1,4-5,15H,2H2,(H,12,13,14).